The van der Waals surface area contributed by atoms with E-state index in [2.05, 4.69) is 15.9 Å². The summed E-state index contributed by atoms with van der Waals surface area (Å²) >= 11 is 3.05. The molecule has 1 aromatic rings. The van der Waals surface area contributed by atoms with Gasteiger partial charge in [0.15, 0.2) is 0 Å². The van der Waals surface area contributed by atoms with Crippen LogP contribution >= 0.6 is 15.9 Å². The molecule has 1 aromatic carbocycles. The fourth-order valence-electron chi connectivity index (χ4n) is 1.04. The average Bonchev–Trinajstić information content (AvgIpc) is 2.10. The summed E-state index contributed by atoms with van der Waals surface area (Å²) < 4.78 is 13.2. The zero-order chi connectivity index (χ0) is 9.84. The molecule has 4 heteroatoms. The molecule has 1 rings (SSSR count). The van der Waals surface area contributed by atoms with Crippen LogP contribution in [-0.4, -0.2) is 11.7 Å². The van der Waals surface area contributed by atoms with E-state index in [9.17, 15) is 9.50 Å². The molecular formula is C9H11BrFNO. The average molecular weight is 248 g/mol. The van der Waals surface area contributed by atoms with Gasteiger partial charge in [-0.25, -0.2) is 4.39 Å². The number of benzene rings is 1. The van der Waals surface area contributed by atoms with Gasteiger partial charge < -0.3 is 10.8 Å². The molecule has 1 atom stereocenters. The van der Waals surface area contributed by atoms with Crippen molar-refractivity contribution >= 4 is 15.9 Å². The van der Waals surface area contributed by atoms with E-state index in [1.807, 2.05) is 0 Å². The van der Waals surface area contributed by atoms with Crippen molar-refractivity contribution in [1.82, 2.24) is 0 Å². The van der Waals surface area contributed by atoms with E-state index in [0.717, 1.165) is 0 Å². The lowest BCUT2D eigenvalue weighted by Crippen LogP contribution is -2.06. The van der Waals surface area contributed by atoms with Crippen LogP contribution in [0.1, 0.15) is 18.1 Å². The van der Waals surface area contributed by atoms with Crippen molar-refractivity contribution in [1.29, 1.82) is 0 Å². The van der Waals surface area contributed by atoms with Crippen molar-refractivity contribution in [2.75, 3.05) is 6.54 Å². The summed E-state index contributed by atoms with van der Waals surface area (Å²) in [6, 6.07) is 4.44. The second kappa shape index (κ2) is 4.69. The normalized spacial score (nSPS) is 12.9. The Hall–Kier alpha value is -0.450. The molecular weight excluding hydrogens is 237 g/mol. The van der Waals surface area contributed by atoms with Crippen LogP contribution in [0.25, 0.3) is 0 Å². The topological polar surface area (TPSA) is 46.2 Å². The third-order valence-electron chi connectivity index (χ3n) is 1.77. The molecule has 0 bridgehead atoms. The van der Waals surface area contributed by atoms with Crippen LogP contribution in [0.15, 0.2) is 22.7 Å². The molecule has 0 spiro atoms. The largest absolute Gasteiger partial charge is 0.388 e. The number of aliphatic hydroxyl groups is 1. The number of aliphatic hydroxyl groups excluding tert-OH is 1. The first-order chi connectivity index (χ1) is 6.15. The molecule has 0 saturated carbocycles. The van der Waals surface area contributed by atoms with Crippen LogP contribution in [0.5, 0.6) is 0 Å². The lowest BCUT2D eigenvalue weighted by atomic mass is 10.1. The minimum Gasteiger partial charge on any atom is -0.388 e. The van der Waals surface area contributed by atoms with Crippen LogP contribution in [0, 0.1) is 5.82 Å². The van der Waals surface area contributed by atoms with Crippen LogP contribution in [0.4, 0.5) is 4.39 Å². The molecule has 13 heavy (non-hydrogen) atoms. The quantitative estimate of drug-likeness (QED) is 0.858. The highest BCUT2D eigenvalue weighted by molar-refractivity contribution is 9.10. The molecule has 0 heterocycles. The molecule has 0 fully saturated rings. The Morgan fingerprint density at radius 1 is 1.54 bits per heavy atom. The number of hydrogen-bond acceptors (Lipinski definition) is 2. The Bertz CT molecular complexity index is 293. The second-order valence-corrected chi connectivity index (χ2v) is 3.62. The van der Waals surface area contributed by atoms with Gasteiger partial charge in [0.1, 0.15) is 5.82 Å². The zero-order valence-corrected chi connectivity index (χ0v) is 8.59. The van der Waals surface area contributed by atoms with Gasteiger partial charge >= 0.3 is 0 Å². The predicted octanol–water partition coefficient (Wildman–Crippen LogP) is 1.97. The molecule has 2 nitrogen and oxygen atoms in total. The third kappa shape index (κ3) is 2.76. The zero-order valence-electron chi connectivity index (χ0n) is 7.00. The number of nitrogens with two attached hydrogens (primary N) is 1. The van der Waals surface area contributed by atoms with Crippen LogP contribution in [-0.2, 0) is 0 Å². The summed E-state index contributed by atoms with van der Waals surface area (Å²) in [5.74, 6) is -0.330. The molecule has 0 unspecified atom stereocenters. The molecule has 3 N–H and O–H groups in total. The maximum Gasteiger partial charge on any atom is 0.137 e. The Kier molecular flexibility index (Phi) is 3.84. The SMILES string of the molecule is NCC[C@H](O)c1ccc(F)c(Br)c1. The van der Waals surface area contributed by atoms with Gasteiger partial charge in [0.25, 0.3) is 0 Å². The Morgan fingerprint density at radius 3 is 2.77 bits per heavy atom. The predicted molar refractivity (Wildman–Crippen MR) is 52.7 cm³/mol. The lowest BCUT2D eigenvalue weighted by molar-refractivity contribution is 0.170. The van der Waals surface area contributed by atoms with Crippen molar-refractivity contribution in [3.05, 3.63) is 34.1 Å². The Morgan fingerprint density at radius 2 is 2.23 bits per heavy atom. The van der Waals surface area contributed by atoms with Gasteiger partial charge in [0.2, 0.25) is 0 Å². The van der Waals surface area contributed by atoms with Crippen molar-refractivity contribution < 1.29 is 9.50 Å². The molecule has 0 aliphatic rings. The van der Waals surface area contributed by atoms with Crippen LogP contribution < -0.4 is 5.73 Å². The van der Waals surface area contributed by atoms with Crippen molar-refractivity contribution in [2.45, 2.75) is 12.5 Å². The van der Waals surface area contributed by atoms with Gasteiger partial charge in [-0.3, -0.25) is 0 Å². The standard InChI is InChI=1S/C9H11BrFNO/c10-7-5-6(1-2-8(7)11)9(13)3-4-12/h1-2,5,9,13H,3-4,12H2/t9-/m0/s1. The first-order valence-electron chi connectivity index (χ1n) is 3.98. The summed E-state index contributed by atoms with van der Waals surface area (Å²) in [6.45, 7) is 0.413. The van der Waals surface area contributed by atoms with E-state index in [-0.39, 0.29) is 5.82 Å². The smallest absolute Gasteiger partial charge is 0.137 e. The number of halogens is 2. The third-order valence-corrected chi connectivity index (χ3v) is 2.38. The van der Waals surface area contributed by atoms with Crippen molar-refractivity contribution in [3.63, 3.8) is 0 Å². The van der Waals surface area contributed by atoms with Crippen LogP contribution in [0.3, 0.4) is 0 Å². The maximum absolute atomic E-state index is 12.8. The van der Waals surface area contributed by atoms with Gasteiger partial charge in [-0.1, -0.05) is 6.07 Å². The molecule has 0 radical (unpaired) electrons. The summed E-state index contributed by atoms with van der Waals surface area (Å²) in [5, 5.41) is 9.51. The minimum absolute atomic E-state index is 0.330. The molecule has 0 aliphatic heterocycles. The molecule has 0 aromatic heterocycles. The van der Waals surface area contributed by atoms with E-state index in [4.69, 9.17) is 5.73 Å². The highest BCUT2D eigenvalue weighted by Crippen LogP contribution is 2.22. The fraction of sp³-hybridized carbons (Fsp3) is 0.333. The van der Waals surface area contributed by atoms with E-state index in [1.54, 1.807) is 12.1 Å². The van der Waals surface area contributed by atoms with E-state index < -0.39 is 6.10 Å². The summed E-state index contributed by atoms with van der Waals surface area (Å²) in [7, 11) is 0. The van der Waals surface area contributed by atoms with Gasteiger partial charge in [0.05, 0.1) is 10.6 Å². The molecule has 0 amide bonds. The maximum atomic E-state index is 12.8. The molecule has 72 valence electrons. The van der Waals surface area contributed by atoms with Gasteiger partial charge in [-0.15, -0.1) is 0 Å². The first kappa shape index (κ1) is 10.6. The Labute approximate surface area is 84.7 Å². The Balaban J connectivity index is 2.84. The molecule has 0 aliphatic carbocycles. The summed E-state index contributed by atoms with van der Waals surface area (Å²) in [6.07, 6.45) is -0.125. The lowest BCUT2D eigenvalue weighted by Gasteiger charge is -2.09. The fourth-order valence-corrected chi connectivity index (χ4v) is 1.44. The van der Waals surface area contributed by atoms with E-state index in [0.29, 0.717) is 23.0 Å². The van der Waals surface area contributed by atoms with E-state index in [1.165, 1.54) is 6.07 Å². The monoisotopic (exact) mass is 247 g/mol. The van der Waals surface area contributed by atoms with Crippen molar-refractivity contribution in [2.24, 2.45) is 5.73 Å². The summed E-state index contributed by atoms with van der Waals surface area (Å²) in [5.41, 5.74) is 5.97. The number of hydrogen-bond donors (Lipinski definition) is 2. The summed E-state index contributed by atoms with van der Waals surface area (Å²) in [4.78, 5) is 0. The van der Waals surface area contributed by atoms with Gasteiger partial charge in [-0.2, -0.15) is 0 Å². The van der Waals surface area contributed by atoms with E-state index >= 15 is 0 Å². The first-order valence-corrected chi connectivity index (χ1v) is 4.77. The van der Waals surface area contributed by atoms with Gasteiger partial charge in [-0.05, 0) is 46.6 Å². The highest BCUT2D eigenvalue weighted by atomic mass is 79.9. The molecule has 0 saturated heterocycles. The number of rotatable bonds is 3. The second-order valence-electron chi connectivity index (χ2n) is 2.77. The van der Waals surface area contributed by atoms with Crippen LogP contribution in [0.2, 0.25) is 0 Å². The minimum atomic E-state index is -0.609. The highest BCUT2D eigenvalue weighted by Gasteiger charge is 2.08. The van der Waals surface area contributed by atoms with Gasteiger partial charge in [0, 0.05) is 0 Å². The van der Waals surface area contributed by atoms with Crippen molar-refractivity contribution in [3.8, 4) is 0 Å².